The standard InChI is InChI=1S/C12H14F3N3OS/c1-2-17-10(19)6-18-7-3-4-8(11(16)20)9(5-7)12(13,14)15/h3-5,18H,2,6H2,1H3,(H2,16,20)(H,17,19). The van der Waals surface area contributed by atoms with Crippen LogP contribution in [-0.2, 0) is 11.0 Å². The van der Waals surface area contributed by atoms with Crippen LogP contribution in [0.1, 0.15) is 18.1 Å². The third-order valence-electron chi connectivity index (χ3n) is 2.42. The largest absolute Gasteiger partial charge is 0.417 e. The molecule has 1 amide bonds. The van der Waals surface area contributed by atoms with Crippen molar-refractivity contribution in [2.75, 3.05) is 18.4 Å². The maximum Gasteiger partial charge on any atom is 0.417 e. The van der Waals surface area contributed by atoms with Crippen LogP contribution in [0, 0.1) is 0 Å². The summed E-state index contributed by atoms with van der Waals surface area (Å²) in [6.45, 7) is 2.09. The number of rotatable bonds is 5. The van der Waals surface area contributed by atoms with E-state index in [1.54, 1.807) is 6.92 Å². The van der Waals surface area contributed by atoms with Gasteiger partial charge in [-0.15, -0.1) is 0 Å². The number of carbonyl (C=O) groups is 1. The molecule has 0 aromatic heterocycles. The molecule has 0 heterocycles. The second-order valence-corrected chi connectivity index (χ2v) is 4.37. The Morgan fingerprint density at radius 1 is 1.40 bits per heavy atom. The lowest BCUT2D eigenvalue weighted by atomic mass is 10.1. The third kappa shape index (κ3) is 4.37. The average molecular weight is 305 g/mol. The molecule has 0 aliphatic carbocycles. The van der Waals surface area contributed by atoms with E-state index in [1.165, 1.54) is 12.1 Å². The molecule has 0 spiro atoms. The van der Waals surface area contributed by atoms with E-state index in [2.05, 4.69) is 22.9 Å². The highest BCUT2D eigenvalue weighted by atomic mass is 32.1. The molecule has 0 unspecified atom stereocenters. The van der Waals surface area contributed by atoms with Crippen molar-refractivity contribution in [3.8, 4) is 0 Å². The second kappa shape index (κ2) is 6.56. The molecule has 0 fully saturated rings. The summed E-state index contributed by atoms with van der Waals surface area (Å²) < 4.78 is 38.7. The lowest BCUT2D eigenvalue weighted by Crippen LogP contribution is -2.29. The van der Waals surface area contributed by atoms with Crippen molar-refractivity contribution in [3.05, 3.63) is 29.3 Å². The van der Waals surface area contributed by atoms with Crippen LogP contribution in [0.15, 0.2) is 18.2 Å². The lowest BCUT2D eigenvalue weighted by molar-refractivity contribution is -0.137. The van der Waals surface area contributed by atoms with Crippen molar-refractivity contribution < 1.29 is 18.0 Å². The number of hydrogen-bond acceptors (Lipinski definition) is 3. The van der Waals surface area contributed by atoms with Gasteiger partial charge in [-0.25, -0.2) is 0 Å². The number of nitrogens with one attached hydrogen (secondary N) is 2. The maximum absolute atomic E-state index is 12.9. The molecule has 0 saturated heterocycles. The number of hydrogen-bond donors (Lipinski definition) is 3. The van der Waals surface area contributed by atoms with E-state index >= 15 is 0 Å². The molecular formula is C12H14F3N3OS. The summed E-state index contributed by atoms with van der Waals surface area (Å²) in [6, 6.07) is 3.46. The topological polar surface area (TPSA) is 67.2 Å². The highest BCUT2D eigenvalue weighted by Crippen LogP contribution is 2.33. The predicted octanol–water partition coefficient (Wildman–Crippen LogP) is 1.89. The molecule has 1 rings (SSSR count). The van der Waals surface area contributed by atoms with Gasteiger partial charge in [-0.1, -0.05) is 12.2 Å². The Balaban J connectivity index is 2.96. The number of thiocarbonyl (C=S) groups is 1. The molecule has 4 N–H and O–H groups in total. The number of likely N-dealkylation sites (N-methyl/N-ethyl adjacent to an activating group) is 1. The van der Waals surface area contributed by atoms with Gasteiger partial charge in [-0.05, 0) is 25.1 Å². The minimum Gasteiger partial charge on any atom is -0.389 e. The van der Waals surface area contributed by atoms with Crippen LogP contribution in [0.5, 0.6) is 0 Å². The van der Waals surface area contributed by atoms with Gasteiger partial charge in [-0.2, -0.15) is 13.2 Å². The summed E-state index contributed by atoms with van der Waals surface area (Å²) >= 11 is 4.60. The maximum atomic E-state index is 12.9. The van der Waals surface area contributed by atoms with Gasteiger partial charge < -0.3 is 16.4 Å². The van der Waals surface area contributed by atoms with Gasteiger partial charge in [0, 0.05) is 17.8 Å². The van der Waals surface area contributed by atoms with E-state index in [9.17, 15) is 18.0 Å². The zero-order valence-corrected chi connectivity index (χ0v) is 11.5. The Hall–Kier alpha value is -1.83. The van der Waals surface area contributed by atoms with Gasteiger partial charge in [-0.3, -0.25) is 4.79 Å². The SMILES string of the molecule is CCNC(=O)CNc1ccc(C(N)=S)c(C(F)(F)F)c1. The third-order valence-corrected chi connectivity index (χ3v) is 2.64. The van der Waals surface area contributed by atoms with Crippen LogP contribution < -0.4 is 16.4 Å². The Morgan fingerprint density at radius 3 is 2.55 bits per heavy atom. The van der Waals surface area contributed by atoms with Gasteiger partial charge in [0.25, 0.3) is 0 Å². The molecule has 0 aliphatic heterocycles. The van der Waals surface area contributed by atoms with E-state index in [1.807, 2.05) is 0 Å². The molecule has 110 valence electrons. The van der Waals surface area contributed by atoms with Crippen LogP contribution >= 0.6 is 12.2 Å². The first-order chi connectivity index (χ1) is 9.25. The Bertz CT molecular complexity index is 517. The molecule has 0 bridgehead atoms. The minimum absolute atomic E-state index is 0.114. The molecule has 0 atom stereocenters. The number of halogens is 3. The minimum atomic E-state index is -4.57. The first kappa shape index (κ1) is 16.2. The van der Waals surface area contributed by atoms with Crippen LogP contribution in [0.3, 0.4) is 0 Å². The van der Waals surface area contributed by atoms with Crippen molar-refractivity contribution in [2.24, 2.45) is 5.73 Å². The van der Waals surface area contributed by atoms with Crippen LogP contribution in [0.2, 0.25) is 0 Å². The molecular weight excluding hydrogens is 291 g/mol. The number of amides is 1. The summed E-state index contributed by atoms with van der Waals surface area (Å²) in [7, 11) is 0. The molecule has 1 aromatic rings. The molecule has 0 radical (unpaired) electrons. The first-order valence-electron chi connectivity index (χ1n) is 5.77. The molecule has 1 aromatic carbocycles. The number of nitrogens with two attached hydrogens (primary N) is 1. The van der Waals surface area contributed by atoms with Crippen molar-refractivity contribution in [1.29, 1.82) is 0 Å². The van der Waals surface area contributed by atoms with Crippen LogP contribution in [0.25, 0.3) is 0 Å². The Kier molecular flexibility index (Phi) is 5.32. The number of alkyl halides is 3. The van der Waals surface area contributed by atoms with Crippen molar-refractivity contribution >= 4 is 28.8 Å². The van der Waals surface area contributed by atoms with Crippen molar-refractivity contribution in [2.45, 2.75) is 13.1 Å². The summed E-state index contributed by atoms with van der Waals surface area (Å²) in [6.07, 6.45) is -4.57. The lowest BCUT2D eigenvalue weighted by Gasteiger charge is -2.14. The molecule has 4 nitrogen and oxygen atoms in total. The van der Waals surface area contributed by atoms with E-state index < -0.39 is 11.7 Å². The number of benzene rings is 1. The van der Waals surface area contributed by atoms with Gasteiger partial charge >= 0.3 is 6.18 Å². The van der Waals surface area contributed by atoms with Gasteiger partial charge in [0.2, 0.25) is 5.91 Å². The van der Waals surface area contributed by atoms with Gasteiger partial charge in [0.05, 0.1) is 12.1 Å². The predicted molar refractivity (Wildman–Crippen MR) is 74.5 cm³/mol. The van der Waals surface area contributed by atoms with Gasteiger partial charge in [0.15, 0.2) is 0 Å². The number of anilines is 1. The fraction of sp³-hybridized carbons (Fsp3) is 0.333. The Labute approximate surface area is 119 Å². The van der Waals surface area contributed by atoms with Crippen LogP contribution in [-0.4, -0.2) is 24.0 Å². The molecule has 8 heteroatoms. The monoisotopic (exact) mass is 305 g/mol. The summed E-state index contributed by atoms with van der Waals surface area (Å²) in [5.41, 5.74) is 4.28. The van der Waals surface area contributed by atoms with E-state index in [0.717, 1.165) is 6.07 Å². The van der Waals surface area contributed by atoms with Crippen molar-refractivity contribution in [3.63, 3.8) is 0 Å². The smallest absolute Gasteiger partial charge is 0.389 e. The van der Waals surface area contributed by atoms with E-state index in [4.69, 9.17) is 5.73 Å². The van der Waals surface area contributed by atoms with Crippen molar-refractivity contribution in [1.82, 2.24) is 5.32 Å². The Morgan fingerprint density at radius 2 is 2.05 bits per heavy atom. The molecule has 0 aliphatic rings. The highest BCUT2D eigenvalue weighted by molar-refractivity contribution is 7.80. The van der Waals surface area contributed by atoms with E-state index in [-0.39, 0.29) is 28.7 Å². The normalized spacial score (nSPS) is 11.0. The molecule has 0 saturated carbocycles. The number of carbonyl (C=O) groups excluding carboxylic acids is 1. The average Bonchev–Trinajstić information content (AvgIpc) is 2.35. The zero-order chi connectivity index (χ0) is 15.3. The second-order valence-electron chi connectivity index (χ2n) is 3.93. The zero-order valence-electron chi connectivity index (χ0n) is 10.7. The van der Waals surface area contributed by atoms with Gasteiger partial charge in [0.1, 0.15) is 4.99 Å². The summed E-state index contributed by atoms with van der Waals surface area (Å²) in [5.74, 6) is -0.306. The first-order valence-corrected chi connectivity index (χ1v) is 6.18. The highest BCUT2D eigenvalue weighted by Gasteiger charge is 2.34. The van der Waals surface area contributed by atoms with E-state index in [0.29, 0.717) is 6.54 Å². The molecule has 20 heavy (non-hydrogen) atoms. The van der Waals surface area contributed by atoms with Crippen LogP contribution in [0.4, 0.5) is 18.9 Å². The fourth-order valence-electron chi connectivity index (χ4n) is 1.55. The fourth-order valence-corrected chi connectivity index (χ4v) is 1.72. The quantitative estimate of drug-likeness (QED) is 0.727. The summed E-state index contributed by atoms with van der Waals surface area (Å²) in [4.78, 5) is 10.9. The summed E-state index contributed by atoms with van der Waals surface area (Å²) in [5, 5.41) is 5.14.